The number of allylic oxidation sites excluding steroid dienone is 2. The molecule has 54 heavy (non-hydrogen) atoms. The van der Waals surface area contributed by atoms with Crippen LogP contribution < -0.4 is 0 Å². The summed E-state index contributed by atoms with van der Waals surface area (Å²) in [7, 11) is 0. The van der Waals surface area contributed by atoms with Crippen LogP contribution >= 0.6 is 0 Å². The summed E-state index contributed by atoms with van der Waals surface area (Å²) in [6.07, 6.45) is 4.93. The first-order valence-electron chi connectivity index (χ1n) is 20.7. The van der Waals surface area contributed by atoms with E-state index in [0.29, 0.717) is 0 Å². The summed E-state index contributed by atoms with van der Waals surface area (Å²) in [4.78, 5) is 20.4. The molecule has 4 aromatic carbocycles. The molecular weight excluding hydrogens is 841 g/mol. The topological polar surface area (TPSA) is 63.1 Å². The zero-order chi connectivity index (χ0) is 42.1. The van der Waals surface area contributed by atoms with Gasteiger partial charge in [0, 0.05) is 50.4 Å². The molecule has 2 heterocycles. The number of carbonyl (C=O) groups is 1. The standard InChI is InChI=1S/2C18H16N.C13H24O2.Ir/c2*1-12-4-5-17-15(9-12)6-7-19-18(17)16-10-13(2)8-14(3)11-16;1-5-10(6-2)12(14)9-13(15)11(7-3)8-4;/h2*4-10H,1-3H3;9-11,14H,5-8H2,1-4H3;/q2*-1;;/b;;12-9-;/i2*6D,7D;;. The second-order valence-electron chi connectivity index (χ2n) is 14.0. The molecule has 285 valence electrons. The minimum atomic E-state index is 0. The normalized spacial score (nSPS) is 12.2. The number of carbonyl (C=O) groups excluding carboxylic acids is 1. The van der Waals surface area contributed by atoms with Crippen molar-refractivity contribution in [1.82, 2.24) is 9.97 Å². The van der Waals surface area contributed by atoms with Crippen LogP contribution in [-0.2, 0) is 24.9 Å². The maximum absolute atomic E-state index is 11.7. The molecule has 1 radical (unpaired) electrons. The fourth-order valence-electron chi connectivity index (χ4n) is 6.58. The van der Waals surface area contributed by atoms with Crippen molar-refractivity contribution in [3.05, 3.63) is 142 Å². The van der Waals surface area contributed by atoms with Crippen LogP contribution in [0.25, 0.3) is 44.1 Å². The van der Waals surface area contributed by atoms with Crippen molar-refractivity contribution < 1.29 is 35.5 Å². The minimum Gasteiger partial charge on any atom is -0.512 e. The first-order chi connectivity index (χ1) is 27.0. The van der Waals surface area contributed by atoms with Gasteiger partial charge in [0.05, 0.1) is 11.2 Å². The summed E-state index contributed by atoms with van der Waals surface area (Å²) >= 11 is 0. The number of fused-ring (bicyclic) bond motifs is 2. The van der Waals surface area contributed by atoms with Gasteiger partial charge in [0.25, 0.3) is 0 Å². The minimum absolute atomic E-state index is 0. The van der Waals surface area contributed by atoms with Crippen molar-refractivity contribution in [1.29, 1.82) is 0 Å². The molecular formula is C49H56IrN2O2-2. The molecule has 0 aliphatic carbocycles. The van der Waals surface area contributed by atoms with Crippen molar-refractivity contribution in [3.63, 3.8) is 0 Å². The summed E-state index contributed by atoms with van der Waals surface area (Å²) in [5, 5.41) is 13.1. The smallest absolute Gasteiger partial charge is 0.162 e. The number of nitrogens with zero attached hydrogens (tertiary/aromatic N) is 2. The van der Waals surface area contributed by atoms with E-state index in [-0.39, 0.29) is 67.9 Å². The second-order valence-corrected chi connectivity index (χ2v) is 14.0. The van der Waals surface area contributed by atoms with Crippen LogP contribution in [0.4, 0.5) is 0 Å². The second kappa shape index (κ2) is 20.9. The Morgan fingerprint density at radius 2 is 1.06 bits per heavy atom. The molecule has 0 saturated carbocycles. The summed E-state index contributed by atoms with van der Waals surface area (Å²) < 4.78 is 32.1. The number of aliphatic hydroxyl groups excluding tert-OH is 1. The van der Waals surface area contributed by atoms with Crippen LogP contribution in [0.15, 0.2) is 96.9 Å². The SMILES string of the molecule is CCC(CC)C(=O)/C=C(\O)C(CC)CC.[2H]c1nc(-c2[c-]c(C)cc(C)c2)c2ccc(C)cc2c1[2H].[2H]c1nc(-c2[c-]c(C)cc(C)c2)c2ccc(C)cc2c1[2H].[Ir]. The number of aryl methyl sites for hydroxylation is 6. The zero-order valence-corrected chi connectivity index (χ0v) is 35.8. The summed E-state index contributed by atoms with van der Waals surface area (Å²) in [5.74, 6) is 0.547. The average Bonchev–Trinajstić information content (AvgIpc) is 3.15. The molecule has 2 aromatic heterocycles. The van der Waals surface area contributed by atoms with Gasteiger partial charge in [0.15, 0.2) is 5.78 Å². The monoisotopic (exact) mass is 901 g/mol. The fourth-order valence-corrected chi connectivity index (χ4v) is 6.58. The third-order valence-electron chi connectivity index (χ3n) is 9.47. The number of aliphatic hydroxyl groups is 1. The summed E-state index contributed by atoms with van der Waals surface area (Å²) in [6.45, 7) is 20.1. The Morgan fingerprint density at radius 3 is 1.43 bits per heavy atom. The molecule has 5 heteroatoms. The van der Waals surface area contributed by atoms with Crippen LogP contribution in [-0.4, -0.2) is 20.9 Å². The van der Waals surface area contributed by atoms with E-state index < -0.39 is 0 Å². The molecule has 0 fully saturated rings. The molecule has 4 nitrogen and oxygen atoms in total. The van der Waals surface area contributed by atoms with Crippen LogP contribution in [0, 0.1) is 65.5 Å². The van der Waals surface area contributed by atoms with Gasteiger partial charge < -0.3 is 15.1 Å². The van der Waals surface area contributed by atoms with E-state index >= 15 is 0 Å². The number of hydrogen-bond acceptors (Lipinski definition) is 4. The van der Waals surface area contributed by atoms with E-state index in [0.717, 1.165) is 103 Å². The molecule has 0 aliphatic rings. The molecule has 0 amide bonds. The van der Waals surface area contributed by atoms with Crippen molar-refractivity contribution >= 4 is 27.3 Å². The molecule has 6 aromatic rings. The van der Waals surface area contributed by atoms with E-state index in [1.165, 1.54) is 6.08 Å². The molecule has 0 unspecified atom stereocenters. The van der Waals surface area contributed by atoms with Gasteiger partial charge in [0.2, 0.25) is 0 Å². The van der Waals surface area contributed by atoms with Gasteiger partial charge in [-0.3, -0.25) is 4.79 Å². The molecule has 0 atom stereocenters. The summed E-state index contributed by atoms with van der Waals surface area (Å²) in [6, 6.07) is 27.1. The van der Waals surface area contributed by atoms with Crippen molar-refractivity contribution in [2.75, 3.05) is 0 Å². The predicted molar refractivity (Wildman–Crippen MR) is 224 cm³/mol. The Bertz CT molecular complexity index is 2230. The number of hydrogen-bond donors (Lipinski definition) is 1. The third-order valence-corrected chi connectivity index (χ3v) is 9.47. The molecule has 0 aliphatic heterocycles. The zero-order valence-electron chi connectivity index (χ0n) is 37.4. The van der Waals surface area contributed by atoms with E-state index in [9.17, 15) is 9.90 Å². The van der Waals surface area contributed by atoms with E-state index in [2.05, 4.69) is 34.2 Å². The van der Waals surface area contributed by atoms with Gasteiger partial charge >= 0.3 is 0 Å². The Morgan fingerprint density at radius 1 is 0.648 bits per heavy atom. The maximum Gasteiger partial charge on any atom is 0.162 e. The van der Waals surface area contributed by atoms with Crippen LogP contribution in [0.5, 0.6) is 0 Å². The fraction of sp³-hybridized carbons (Fsp3) is 0.327. The maximum atomic E-state index is 11.7. The van der Waals surface area contributed by atoms with Crippen LogP contribution in [0.2, 0.25) is 0 Å². The number of rotatable bonds is 9. The first-order valence-corrected chi connectivity index (χ1v) is 18.7. The van der Waals surface area contributed by atoms with Gasteiger partial charge in [-0.05, 0) is 84.5 Å². The number of aromatic nitrogens is 2. The average molecular weight is 901 g/mol. The van der Waals surface area contributed by atoms with Gasteiger partial charge in [-0.1, -0.05) is 103 Å². The largest absolute Gasteiger partial charge is 0.512 e. The van der Waals surface area contributed by atoms with Gasteiger partial charge in [0.1, 0.15) is 0 Å². The van der Waals surface area contributed by atoms with E-state index in [1.807, 2.05) is 118 Å². The van der Waals surface area contributed by atoms with Crippen LogP contribution in [0.1, 0.15) is 92.2 Å². The predicted octanol–water partition coefficient (Wildman–Crippen LogP) is 13.1. The Balaban J connectivity index is 0.000000235. The van der Waals surface area contributed by atoms with E-state index in [4.69, 9.17) is 5.48 Å². The molecule has 0 bridgehead atoms. The first kappa shape index (κ1) is 37.9. The molecule has 0 saturated heterocycles. The number of pyridine rings is 2. The Labute approximate surface area is 343 Å². The van der Waals surface area contributed by atoms with Crippen molar-refractivity contribution in [3.8, 4) is 22.5 Å². The van der Waals surface area contributed by atoms with Gasteiger partial charge in [-0.15, -0.1) is 69.8 Å². The molecule has 6 rings (SSSR count). The third kappa shape index (κ3) is 11.8. The molecule has 1 N–H and O–H groups in total. The van der Waals surface area contributed by atoms with Gasteiger partial charge in [-0.2, -0.15) is 0 Å². The van der Waals surface area contributed by atoms with Crippen molar-refractivity contribution in [2.45, 2.75) is 94.9 Å². The Kier molecular flexibility index (Phi) is 14.6. The summed E-state index contributed by atoms with van der Waals surface area (Å²) in [5.41, 5.74) is 9.78. The molecule has 0 spiro atoms. The van der Waals surface area contributed by atoms with Crippen molar-refractivity contribution in [2.24, 2.45) is 11.8 Å². The van der Waals surface area contributed by atoms with Crippen LogP contribution in [0.3, 0.4) is 0 Å². The van der Waals surface area contributed by atoms with E-state index in [1.54, 1.807) is 0 Å². The number of benzene rings is 4. The number of ketones is 1. The Hall–Kier alpha value is -4.44. The quantitative estimate of drug-likeness (QED) is 0.0892. The van der Waals surface area contributed by atoms with Gasteiger partial charge in [-0.25, -0.2) is 0 Å².